The summed E-state index contributed by atoms with van der Waals surface area (Å²) in [5.74, 6) is 1.68. The fraction of sp³-hybridized carbons (Fsp3) is 0.769. The van der Waals surface area contributed by atoms with Gasteiger partial charge in [-0.1, -0.05) is 39.0 Å². The van der Waals surface area contributed by atoms with Crippen molar-refractivity contribution in [1.82, 2.24) is 10.3 Å². The molecule has 0 aliphatic heterocycles. The molecule has 1 aromatic heterocycles. The van der Waals surface area contributed by atoms with Gasteiger partial charge in [-0.2, -0.15) is 0 Å². The van der Waals surface area contributed by atoms with Crippen molar-refractivity contribution in [3.05, 3.63) is 17.8 Å². The Labute approximate surface area is 98.6 Å². The molecule has 0 atom stereocenters. The van der Waals surface area contributed by atoms with E-state index in [0.29, 0.717) is 0 Å². The predicted octanol–water partition coefficient (Wildman–Crippen LogP) is 3.43. The fourth-order valence-corrected chi connectivity index (χ4v) is 1.71. The number of nitrogens with zero attached hydrogens (tertiary/aromatic N) is 1. The van der Waals surface area contributed by atoms with Crippen LogP contribution in [0.1, 0.15) is 57.1 Å². The molecule has 16 heavy (non-hydrogen) atoms. The molecule has 3 heteroatoms. The zero-order valence-electron chi connectivity index (χ0n) is 10.6. The Hall–Kier alpha value is -0.830. The first kappa shape index (κ1) is 13.2. The van der Waals surface area contributed by atoms with Crippen LogP contribution < -0.4 is 5.32 Å². The number of unbranched alkanes of at least 4 members (excludes halogenated alkanes) is 5. The summed E-state index contributed by atoms with van der Waals surface area (Å²) in [7, 11) is 0. The lowest BCUT2D eigenvalue weighted by Crippen LogP contribution is -2.14. The molecule has 0 saturated heterocycles. The molecular formula is C13H24N2O. The minimum Gasteiger partial charge on any atom is -0.445 e. The van der Waals surface area contributed by atoms with E-state index in [1.54, 1.807) is 6.20 Å². The van der Waals surface area contributed by atoms with Crippen molar-refractivity contribution in [3.63, 3.8) is 0 Å². The molecule has 3 nitrogen and oxygen atoms in total. The van der Waals surface area contributed by atoms with E-state index in [1.807, 2.05) is 6.92 Å². The molecule has 0 unspecified atom stereocenters. The topological polar surface area (TPSA) is 38.1 Å². The van der Waals surface area contributed by atoms with Crippen molar-refractivity contribution >= 4 is 0 Å². The minimum absolute atomic E-state index is 0.753. The maximum Gasteiger partial charge on any atom is 0.208 e. The zero-order chi connectivity index (χ0) is 11.6. The standard InChI is InChI=1S/C13H24N2O/c1-3-4-5-6-7-8-9-14-11-13-15-10-12(2)16-13/h10,14H,3-9,11H2,1-2H3. The number of aryl methyl sites for hydroxylation is 1. The molecule has 0 amide bonds. The molecule has 0 aliphatic rings. The average Bonchev–Trinajstić information content (AvgIpc) is 2.68. The van der Waals surface area contributed by atoms with Gasteiger partial charge < -0.3 is 9.73 Å². The van der Waals surface area contributed by atoms with Crippen LogP contribution in [0, 0.1) is 6.92 Å². The minimum atomic E-state index is 0.753. The van der Waals surface area contributed by atoms with Crippen molar-refractivity contribution in [2.75, 3.05) is 6.54 Å². The van der Waals surface area contributed by atoms with E-state index in [2.05, 4.69) is 17.2 Å². The van der Waals surface area contributed by atoms with Crippen LogP contribution in [0.3, 0.4) is 0 Å². The highest BCUT2D eigenvalue weighted by atomic mass is 16.4. The SMILES string of the molecule is CCCCCCCCNCc1ncc(C)o1. The molecule has 0 aromatic carbocycles. The number of hydrogen-bond donors (Lipinski definition) is 1. The second-order valence-electron chi connectivity index (χ2n) is 4.31. The van der Waals surface area contributed by atoms with Gasteiger partial charge in [0.15, 0.2) is 0 Å². The number of hydrogen-bond acceptors (Lipinski definition) is 3. The quantitative estimate of drug-likeness (QED) is 0.653. The van der Waals surface area contributed by atoms with Gasteiger partial charge in [0.25, 0.3) is 0 Å². The third-order valence-electron chi connectivity index (χ3n) is 2.65. The number of nitrogens with one attached hydrogen (secondary N) is 1. The van der Waals surface area contributed by atoms with Gasteiger partial charge in [0.05, 0.1) is 12.7 Å². The van der Waals surface area contributed by atoms with Crippen molar-refractivity contribution in [2.24, 2.45) is 0 Å². The Morgan fingerprint density at radius 1 is 1.19 bits per heavy atom. The van der Waals surface area contributed by atoms with Gasteiger partial charge in [-0.25, -0.2) is 4.98 Å². The summed E-state index contributed by atoms with van der Waals surface area (Å²) >= 11 is 0. The van der Waals surface area contributed by atoms with Gasteiger partial charge in [0.1, 0.15) is 5.76 Å². The van der Waals surface area contributed by atoms with Crippen LogP contribution in [0.25, 0.3) is 0 Å². The molecule has 1 aromatic rings. The monoisotopic (exact) mass is 224 g/mol. The molecule has 0 saturated carbocycles. The van der Waals surface area contributed by atoms with Gasteiger partial charge in [0.2, 0.25) is 5.89 Å². The summed E-state index contributed by atoms with van der Waals surface area (Å²) in [5, 5.41) is 3.35. The molecule has 0 bridgehead atoms. The van der Waals surface area contributed by atoms with E-state index in [1.165, 1.54) is 38.5 Å². The molecule has 92 valence electrons. The second-order valence-corrected chi connectivity index (χ2v) is 4.31. The number of aromatic nitrogens is 1. The van der Waals surface area contributed by atoms with Crippen LogP contribution in [0.4, 0.5) is 0 Å². The van der Waals surface area contributed by atoms with Crippen LogP contribution in [-0.4, -0.2) is 11.5 Å². The maximum absolute atomic E-state index is 5.37. The van der Waals surface area contributed by atoms with Crippen molar-refractivity contribution in [1.29, 1.82) is 0 Å². The zero-order valence-corrected chi connectivity index (χ0v) is 10.6. The van der Waals surface area contributed by atoms with Gasteiger partial charge in [0, 0.05) is 0 Å². The van der Waals surface area contributed by atoms with E-state index in [4.69, 9.17) is 4.42 Å². The molecule has 0 spiro atoms. The summed E-state index contributed by atoms with van der Waals surface area (Å²) in [5.41, 5.74) is 0. The number of oxazole rings is 1. The van der Waals surface area contributed by atoms with Crippen LogP contribution in [-0.2, 0) is 6.54 Å². The lowest BCUT2D eigenvalue weighted by Gasteiger charge is -2.02. The van der Waals surface area contributed by atoms with Crippen LogP contribution in [0.15, 0.2) is 10.6 Å². The Balaban J connectivity index is 1.88. The third-order valence-corrected chi connectivity index (χ3v) is 2.65. The Bertz CT molecular complexity index is 271. The van der Waals surface area contributed by atoms with Crippen LogP contribution in [0.2, 0.25) is 0 Å². The first-order valence-corrected chi connectivity index (χ1v) is 6.45. The van der Waals surface area contributed by atoms with E-state index >= 15 is 0 Å². The lowest BCUT2D eigenvalue weighted by atomic mass is 10.1. The first-order chi connectivity index (χ1) is 7.83. The summed E-state index contributed by atoms with van der Waals surface area (Å²) in [6.07, 6.45) is 9.80. The normalized spacial score (nSPS) is 10.9. The highest BCUT2D eigenvalue weighted by Crippen LogP contribution is 2.04. The predicted molar refractivity (Wildman–Crippen MR) is 66.3 cm³/mol. The largest absolute Gasteiger partial charge is 0.445 e. The number of rotatable bonds is 9. The van der Waals surface area contributed by atoms with Gasteiger partial charge in [-0.3, -0.25) is 0 Å². The Kier molecular flexibility index (Phi) is 6.90. The molecule has 0 fully saturated rings. The Morgan fingerprint density at radius 3 is 2.62 bits per heavy atom. The van der Waals surface area contributed by atoms with Gasteiger partial charge in [-0.15, -0.1) is 0 Å². The summed E-state index contributed by atoms with van der Waals surface area (Å²) in [6.45, 7) is 5.99. The van der Waals surface area contributed by atoms with E-state index in [0.717, 1.165) is 24.7 Å². The molecular weight excluding hydrogens is 200 g/mol. The van der Waals surface area contributed by atoms with Crippen molar-refractivity contribution < 1.29 is 4.42 Å². The highest BCUT2D eigenvalue weighted by molar-refractivity contribution is 4.90. The summed E-state index contributed by atoms with van der Waals surface area (Å²) < 4.78 is 5.37. The van der Waals surface area contributed by atoms with Crippen molar-refractivity contribution in [2.45, 2.75) is 58.9 Å². The summed E-state index contributed by atoms with van der Waals surface area (Å²) in [6, 6.07) is 0. The second kappa shape index (κ2) is 8.34. The molecule has 1 rings (SSSR count). The van der Waals surface area contributed by atoms with Gasteiger partial charge in [-0.05, 0) is 19.9 Å². The average molecular weight is 224 g/mol. The first-order valence-electron chi connectivity index (χ1n) is 6.45. The molecule has 1 heterocycles. The maximum atomic E-state index is 5.37. The van der Waals surface area contributed by atoms with Crippen LogP contribution in [0.5, 0.6) is 0 Å². The van der Waals surface area contributed by atoms with E-state index in [-0.39, 0.29) is 0 Å². The Morgan fingerprint density at radius 2 is 1.94 bits per heavy atom. The molecule has 0 aliphatic carbocycles. The van der Waals surface area contributed by atoms with Crippen molar-refractivity contribution in [3.8, 4) is 0 Å². The van der Waals surface area contributed by atoms with E-state index < -0.39 is 0 Å². The lowest BCUT2D eigenvalue weighted by molar-refractivity contribution is 0.445. The third kappa shape index (κ3) is 5.91. The smallest absolute Gasteiger partial charge is 0.208 e. The fourth-order valence-electron chi connectivity index (χ4n) is 1.71. The summed E-state index contributed by atoms with van der Waals surface area (Å²) in [4.78, 5) is 4.14. The molecule has 1 N–H and O–H groups in total. The van der Waals surface area contributed by atoms with Gasteiger partial charge >= 0.3 is 0 Å². The highest BCUT2D eigenvalue weighted by Gasteiger charge is 1.98. The molecule has 0 radical (unpaired) electrons. The van der Waals surface area contributed by atoms with Crippen LogP contribution >= 0.6 is 0 Å². The van der Waals surface area contributed by atoms with E-state index in [9.17, 15) is 0 Å².